The smallest absolute Gasteiger partial charge is 0.257 e. The number of fused-ring (bicyclic) bond motifs is 1. The Hall–Kier alpha value is -2.82. The molecule has 3 aromatic rings. The largest absolute Gasteiger partial charge is 0.454 e. The lowest BCUT2D eigenvalue weighted by Crippen LogP contribution is -2.24. The first-order chi connectivity index (χ1) is 14.6. The van der Waals surface area contributed by atoms with Crippen molar-refractivity contribution in [3.63, 3.8) is 0 Å². The molecule has 0 radical (unpaired) electrons. The molecule has 0 spiro atoms. The second kappa shape index (κ2) is 9.33. The van der Waals surface area contributed by atoms with Crippen LogP contribution in [0.4, 0.5) is 5.13 Å². The van der Waals surface area contributed by atoms with Crippen molar-refractivity contribution in [2.24, 2.45) is 0 Å². The molecular formula is C19H15ClN4O4S2. The van der Waals surface area contributed by atoms with E-state index in [1.807, 2.05) is 18.2 Å². The molecule has 2 amide bonds. The van der Waals surface area contributed by atoms with Crippen LogP contribution in [0.3, 0.4) is 0 Å². The van der Waals surface area contributed by atoms with E-state index in [2.05, 4.69) is 20.8 Å². The Kier molecular flexibility index (Phi) is 6.36. The summed E-state index contributed by atoms with van der Waals surface area (Å²) >= 11 is 8.34. The lowest BCUT2D eigenvalue weighted by Gasteiger charge is -2.05. The van der Waals surface area contributed by atoms with Crippen LogP contribution in [0.15, 0.2) is 46.8 Å². The number of hydrogen-bond acceptors (Lipinski definition) is 8. The number of carbonyl (C=O) groups is 2. The summed E-state index contributed by atoms with van der Waals surface area (Å²) in [6, 6.07) is 12.1. The predicted octanol–water partition coefficient (Wildman–Crippen LogP) is 3.58. The third-order valence-electron chi connectivity index (χ3n) is 3.97. The summed E-state index contributed by atoms with van der Waals surface area (Å²) in [4.78, 5) is 24.3. The molecule has 2 N–H and O–H groups in total. The molecule has 1 aromatic heterocycles. The summed E-state index contributed by atoms with van der Waals surface area (Å²) in [5.41, 5.74) is 1.34. The highest BCUT2D eigenvalue weighted by molar-refractivity contribution is 8.01. The summed E-state index contributed by atoms with van der Waals surface area (Å²) in [7, 11) is 0. The van der Waals surface area contributed by atoms with Gasteiger partial charge in [0.2, 0.25) is 17.8 Å². The molecule has 0 saturated carbocycles. The summed E-state index contributed by atoms with van der Waals surface area (Å²) in [5, 5.41) is 14.3. The third kappa shape index (κ3) is 5.21. The maximum Gasteiger partial charge on any atom is 0.257 e. The van der Waals surface area contributed by atoms with E-state index in [-0.39, 0.29) is 24.4 Å². The van der Waals surface area contributed by atoms with Crippen LogP contribution < -0.4 is 20.1 Å². The number of benzene rings is 2. The molecule has 30 heavy (non-hydrogen) atoms. The van der Waals surface area contributed by atoms with E-state index >= 15 is 0 Å². The SMILES string of the molecule is O=C(CSc1nnc(NC(=O)c2cccc(Cl)c2)s1)NCc1ccc2c(c1)OCO2. The maximum atomic E-state index is 12.2. The fourth-order valence-electron chi connectivity index (χ4n) is 2.55. The molecule has 11 heteroatoms. The van der Waals surface area contributed by atoms with Crippen LogP contribution in [0.2, 0.25) is 5.02 Å². The third-order valence-corrected chi connectivity index (χ3v) is 6.17. The monoisotopic (exact) mass is 462 g/mol. The second-order valence-electron chi connectivity index (χ2n) is 6.09. The van der Waals surface area contributed by atoms with Gasteiger partial charge in [-0.05, 0) is 35.9 Å². The van der Waals surface area contributed by atoms with Crippen LogP contribution in [0, 0.1) is 0 Å². The van der Waals surface area contributed by atoms with Crippen molar-refractivity contribution >= 4 is 51.6 Å². The van der Waals surface area contributed by atoms with E-state index in [9.17, 15) is 9.59 Å². The van der Waals surface area contributed by atoms with E-state index in [1.54, 1.807) is 24.3 Å². The number of thioether (sulfide) groups is 1. The Morgan fingerprint density at radius 2 is 2.00 bits per heavy atom. The van der Waals surface area contributed by atoms with Crippen molar-refractivity contribution < 1.29 is 19.1 Å². The van der Waals surface area contributed by atoms with E-state index in [0.29, 0.717) is 38.1 Å². The highest BCUT2D eigenvalue weighted by Gasteiger charge is 2.14. The number of anilines is 1. The first-order valence-corrected chi connectivity index (χ1v) is 10.9. The fourth-order valence-corrected chi connectivity index (χ4v) is 4.31. The van der Waals surface area contributed by atoms with Gasteiger partial charge in [-0.15, -0.1) is 10.2 Å². The molecule has 0 bridgehead atoms. The Morgan fingerprint density at radius 3 is 2.87 bits per heavy atom. The molecule has 0 aliphatic carbocycles. The quantitative estimate of drug-likeness (QED) is 0.408. The van der Waals surface area contributed by atoms with Gasteiger partial charge in [-0.3, -0.25) is 14.9 Å². The number of ether oxygens (including phenoxy) is 2. The number of rotatable bonds is 7. The van der Waals surface area contributed by atoms with E-state index in [4.69, 9.17) is 21.1 Å². The number of amides is 2. The number of aromatic nitrogens is 2. The van der Waals surface area contributed by atoms with Crippen LogP contribution in [0.1, 0.15) is 15.9 Å². The summed E-state index contributed by atoms with van der Waals surface area (Å²) < 4.78 is 11.2. The molecule has 0 atom stereocenters. The summed E-state index contributed by atoms with van der Waals surface area (Å²) in [6.45, 7) is 0.596. The minimum absolute atomic E-state index is 0.141. The Labute approximate surface area is 184 Å². The van der Waals surface area contributed by atoms with Crippen LogP contribution >= 0.6 is 34.7 Å². The van der Waals surface area contributed by atoms with Gasteiger partial charge in [0.15, 0.2) is 15.8 Å². The fraction of sp³-hybridized carbons (Fsp3) is 0.158. The minimum Gasteiger partial charge on any atom is -0.454 e. The van der Waals surface area contributed by atoms with Gasteiger partial charge in [0.25, 0.3) is 5.91 Å². The zero-order valence-electron chi connectivity index (χ0n) is 15.4. The second-order valence-corrected chi connectivity index (χ2v) is 8.73. The summed E-state index contributed by atoms with van der Waals surface area (Å²) in [6.07, 6.45) is 0. The lowest BCUT2D eigenvalue weighted by molar-refractivity contribution is -0.118. The van der Waals surface area contributed by atoms with Crippen molar-refractivity contribution in [3.8, 4) is 11.5 Å². The molecular weight excluding hydrogens is 448 g/mol. The number of hydrogen-bond donors (Lipinski definition) is 2. The molecule has 2 aromatic carbocycles. The normalized spacial score (nSPS) is 11.9. The molecule has 154 valence electrons. The number of halogens is 1. The van der Waals surface area contributed by atoms with Crippen molar-refractivity contribution in [3.05, 3.63) is 58.6 Å². The minimum atomic E-state index is -0.327. The standard InChI is InChI=1S/C19H15ClN4O4S2/c20-13-3-1-2-12(7-13)17(26)22-18-23-24-19(30-18)29-9-16(25)21-8-11-4-5-14-15(6-11)28-10-27-14/h1-7H,8-10H2,(H,21,25)(H,22,23,26). The topological polar surface area (TPSA) is 102 Å². The molecule has 8 nitrogen and oxygen atoms in total. The average Bonchev–Trinajstić information content (AvgIpc) is 3.39. The number of nitrogens with zero attached hydrogens (tertiary/aromatic N) is 2. The first-order valence-electron chi connectivity index (χ1n) is 8.75. The van der Waals surface area contributed by atoms with Gasteiger partial charge in [0.1, 0.15) is 0 Å². The molecule has 0 unspecified atom stereocenters. The Morgan fingerprint density at radius 1 is 1.13 bits per heavy atom. The van der Waals surface area contributed by atoms with Gasteiger partial charge < -0.3 is 14.8 Å². The molecule has 0 fully saturated rings. The molecule has 1 aliphatic rings. The van der Waals surface area contributed by atoms with Gasteiger partial charge in [-0.1, -0.05) is 46.8 Å². The first kappa shape index (κ1) is 20.5. The van der Waals surface area contributed by atoms with Crippen molar-refractivity contribution in [2.45, 2.75) is 10.9 Å². The van der Waals surface area contributed by atoms with E-state index in [1.165, 1.54) is 23.1 Å². The van der Waals surface area contributed by atoms with Gasteiger partial charge in [-0.25, -0.2) is 0 Å². The number of carbonyl (C=O) groups excluding carboxylic acids is 2. The zero-order chi connectivity index (χ0) is 20.9. The Balaban J connectivity index is 1.24. The van der Waals surface area contributed by atoms with Crippen molar-refractivity contribution in [2.75, 3.05) is 17.9 Å². The van der Waals surface area contributed by atoms with Crippen LogP contribution in [0.25, 0.3) is 0 Å². The van der Waals surface area contributed by atoms with Crippen LogP contribution in [-0.2, 0) is 11.3 Å². The average molecular weight is 463 g/mol. The number of nitrogens with one attached hydrogen (secondary N) is 2. The molecule has 2 heterocycles. The maximum absolute atomic E-state index is 12.2. The van der Waals surface area contributed by atoms with Crippen LogP contribution in [-0.4, -0.2) is 34.6 Å². The molecule has 1 aliphatic heterocycles. The van der Waals surface area contributed by atoms with Crippen molar-refractivity contribution in [1.82, 2.24) is 15.5 Å². The van der Waals surface area contributed by atoms with Gasteiger partial charge in [0, 0.05) is 17.1 Å². The molecule has 0 saturated heterocycles. The molecule has 4 rings (SSSR count). The highest BCUT2D eigenvalue weighted by atomic mass is 35.5. The van der Waals surface area contributed by atoms with Gasteiger partial charge >= 0.3 is 0 Å². The summed E-state index contributed by atoms with van der Waals surface area (Å²) in [5.74, 6) is 1.10. The zero-order valence-corrected chi connectivity index (χ0v) is 17.8. The van der Waals surface area contributed by atoms with Gasteiger partial charge in [-0.2, -0.15) is 0 Å². The lowest BCUT2D eigenvalue weighted by atomic mass is 10.2. The van der Waals surface area contributed by atoms with Crippen LogP contribution in [0.5, 0.6) is 11.5 Å². The van der Waals surface area contributed by atoms with Crippen molar-refractivity contribution in [1.29, 1.82) is 0 Å². The Bertz CT molecular complexity index is 1090. The van der Waals surface area contributed by atoms with E-state index < -0.39 is 0 Å². The van der Waals surface area contributed by atoms with E-state index in [0.717, 1.165) is 5.56 Å². The highest BCUT2D eigenvalue weighted by Crippen LogP contribution is 2.32. The predicted molar refractivity (Wildman–Crippen MR) is 114 cm³/mol. The van der Waals surface area contributed by atoms with Gasteiger partial charge in [0.05, 0.1) is 5.75 Å².